The molecule has 55 heavy (non-hydrogen) atoms. The second-order valence-electron chi connectivity index (χ2n) is 14.0. The Kier molecular flexibility index (Phi) is 7.35. The summed E-state index contributed by atoms with van der Waals surface area (Å²) in [6.07, 6.45) is 0. The highest BCUT2D eigenvalue weighted by Gasteiger charge is 2.18. The lowest BCUT2D eigenvalue weighted by Gasteiger charge is -2.12. The average Bonchev–Trinajstić information content (AvgIpc) is 3.66. The summed E-state index contributed by atoms with van der Waals surface area (Å²) in [6.45, 7) is 0. The number of pyridine rings is 1. The minimum Gasteiger partial charge on any atom is -0.247 e. The largest absolute Gasteiger partial charge is 0.247 e. The van der Waals surface area contributed by atoms with Crippen molar-refractivity contribution in [2.45, 2.75) is 0 Å². The Morgan fingerprint density at radius 2 is 0.945 bits per heavy atom. The minimum atomic E-state index is 0.692. The van der Waals surface area contributed by atoms with Crippen molar-refractivity contribution in [3.05, 3.63) is 188 Å². The van der Waals surface area contributed by atoms with Gasteiger partial charge >= 0.3 is 0 Å². The molecule has 256 valence electrons. The van der Waals surface area contributed by atoms with Crippen molar-refractivity contribution in [3.8, 4) is 56.3 Å². The Bertz CT molecular complexity index is 3240. The number of aromatic nitrogens is 3. The van der Waals surface area contributed by atoms with Gasteiger partial charge in [0.25, 0.3) is 0 Å². The standard InChI is InChI=1S/C51H31N3S/c1-3-13-33(14-4-1)45-31-46(34-25-23-32(24-26-34)42-29-36-17-7-8-18-38(36)39-19-9-10-20-40(39)42)54-51(53-45)37-27-28-47-43(30-37)48-49(35-15-5-2-6-16-35)52-44-22-12-11-21-41(44)50(48)55-47/h1-31H. The summed E-state index contributed by atoms with van der Waals surface area (Å²) < 4.78 is 2.46. The molecule has 0 radical (unpaired) electrons. The molecular weight excluding hydrogens is 687 g/mol. The minimum absolute atomic E-state index is 0.692. The fraction of sp³-hybridized carbons (Fsp3) is 0. The van der Waals surface area contributed by atoms with Gasteiger partial charge in [-0.15, -0.1) is 11.3 Å². The van der Waals surface area contributed by atoms with E-state index in [0.717, 1.165) is 50.2 Å². The van der Waals surface area contributed by atoms with Gasteiger partial charge in [0.15, 0.2) is 5.82 Å². The highest BCUT2D eigenvalue weighted by molar-refractivity contribution is 7.26. The summed E-state index contributed by atoms with van der Waals surface area (Å²) in [7, 11) is 0. The molecule has 0 spiro atoms. The summed E-state index contributed by atoms with van der Waals surface area (Å²) in [6, 6.07) is 66.6. The maximum atomic E-state index is 5.27. The fourth-order valence-corrected chi connectivity index (χ4v) is 9.22. The van der Waals surface area contributed by atoms with Crippen molar-refractivity contribution in [2.24, 2.45) is 0 Å². The third-order valence-electron chi connectivity index (χ3n) is 10.7. The summed E-state index contributed by atoms with van der Waals surface area (Å²) in [5, 5.41) is 8.53. The lowest BCUT2D eigenvalue weighted by Crippen LogP contribution is -1.96. The van der Waals surface area contributed by atoms with Gasteiger partial charge in [-0.2, -0.15) is 0 Å². The summed E-state index contributed by atoms with van der Waals surface area (Å²) in [5.41, 5.74) is 10.3. The van der Waals surface area contributed by atoms with Crippen LogP contribution in [0.3, 0.4) is 0 Å². The molecule has 0 bridgehead atoms. The number of thiophene rings is 1. The number of fused-ring (bicyclic) bond motifs is 8. The van der Waals surface area contributed by atoms with E-state index in [-0.39, 0.29) is 0 Å². The Morgan fingerprint density at radius 3 is 1.71 bits per heavy atom. The molecule has 0 fully saturated rings. The molecule has 0 amide bonds. The number of nitrogens with zero attached hydrogens (tertiary/aromatic N) is 3. The number of para-hydroxylation sites is 1. The van der Waals surface area contributed by atoms with Crippen LogP contribution < -0.4 is 0 Å². The second kappa shape index (κ2) is 12.8. The van der Waals surface area contributed by atoms with E-state index < -0.39 is 0 Å². The molecule has 11 rings (SSSR count). The van der Waals surface area contributed by atoms with Crippen LogP contribution in [-0.2, 0) is 0 Å². The van der Waals surface area contributed by atoms with Gasteiger partial charge in [0.05, 0.1) is 22.6 Å². The van der Waals surface area contributed by atoms with Crippen LogP contribution in [-0.4, -0.2) is 15.0 Å². The van der Waals surface area contributed by atoms with E-state index in [1.54, 1.807) is 0 Å². The highest BCUT2D eigenvalue weighted by atomic mass is 32.1. The Balaban J connectivity index is 1.08. The van der Waals surface area contributed by atoms with Gasteiger partial charge in [-0.3, -0.25) is 0 Å². The van der Waals surface area contributed by atoms with Crippen molar-refractivity contribution in [2.75, 3.05) is 0 Å². The second-order valence-corrected chi connectivity index (χ2v) is 15.0. The highest BCUT2D eigenvalue weighted by Crippen LogP contribution is 2.44. The molecule has 4 heteroatoms. The fourth-order valence-electron chi connectivity index (χ4n) is 8.00. The molecule has 0 aliphatic carbocycles. The zero-order chi connectivity index (χ0) is 36.3. The van der Waals surface area contributed by atoms with Crippen LogP contribution in [0.15, 0.2) is 188 Å². The zero-order valence-corrected chi connectivity index (χ0v) is 30.5. The van der Waals surface area contributed by atoms with E-state index in [1.807, 2.05) is 17.4 Å². The normalized spacial score (nSPS) is 11.6. The molecule has 0 saturated carbocycles. The number of rotatable bonds is 5. The molecule has 11 aromatic rings. The zero-order valence-electron chi connectivity index (χ0n) is 29.6. The lowest BCUT2D eigenvalue weighted by atomic mass is 9.93. The van der Waals surface area contributed by atoms with Crippen LogP contribution in [0.25, 0.3) is 109 Å². The number of hydrogen-bond donors (Lipinski definition) is 0. The van der Waals surface area contributed by atoms with E-state index in [4.69, 9.17) is 15.0 Å². The quantitative estimate of drug-likeness (QED) is 0.166. The van der Waals surface area contributed by atoms with E-state index in [1.165, 1.54) is 52.8 Å². The maximum absolute atomic E-state index is 5.27. The van der Waals surface area contributed by atoms with Crippen molar-refractivity contribution < 1.29 is 0 Å². The smallest absolute Gasteiger partial charge is 0.160 e. The molecule has 0 aliphatic rings. The van der Waals surface area contributed by atoms with Crippen molar-refractivity contribution in [1.29, 1.82) is 0 Å². The first-order chi connectivity index (χ1) is 27.2. The lowest BCUT2D eigenvalue weighted by molar-refractivity contribution is 1.18. The van der Waals surface area contributed by atoms with Gasteiger partial charge in [-0.05, 0) is 69.1 Å². The van der Waals surface area contributed by atoms with E-state index in [2.05, 4.69) is 182 Å². The maximum Gasteiger partial charge on any atom is 0.160 e. The average molecular weight is 718 g/mol. The predicted molar refractivity (Wildman–Crippen MR) is 232 cm³/mol. The van der Waals surface area contributed by atoms with Gasteiger partial charge in [0.2, 0.25) is 0 Å². The Morgan fingerprint density at radius 1 is 0.364 bits per heavy atom. The van der Waals surface area contributed by atoms with Gasteiger partial charge in [0.1, 0.15) is 0 Å². The molecule has 3 heterocycles. The van der Waals surface area contributed by atoms with Crippen molar-refractivity contribution >= 4 is 64.0 Å². The Hall–Kier alpha value is -7.01. The third-order valence-corrected chi connectivity index (χ3v) is 11.9. The summed E-state index contributed by atoms with van der Waals surface area (Å²) in [5.74, 6) is 0.692. The Labute approximate surface area is 321 Å². The molecular formula is C51H31N3S. The monoisotopic (exact) mass is 717 g/mol. The van der Waals surface area contributed by atoms with Crippen LogP contribution in [0.1, 0.15) is 0 Å². The first kappa shape index (κ1) is 31.5. The molecule has 3 aromatic heterocycles. The molecule has 8 aromatic carbocycles. The predicted octanol–water partition coefficient (Wildman–Crippen LogP) is 14.0. The molecule has 0 saturated heterocycles. The molecule has 0 unspecified atom stereocenters. The summed E-state index contributed by atoms with van der Waals surface area (Å²) >= 11 is 1.82. The van der Waals surface area contributed by atoms with Crippen LogP contribution in [0, 0.1) is 0 Å². The van der Waals surface area contributed by atoms with E-state index in [9.17, 15) is 0 Å². The number of hydrogen-bond acceptors (Lipinski definition) is 4. The number of benzene rings is 8. The SMILES string of the molecule is c1ccc(-c2cc(-c3ccc(-c4cc5ccccc5c5ccccc45)cc3)nc(-c3ccc4sc5c6ccccc6nc(-c6ccccc6)c5c4c3)n2)cc1. The van der Waals surface area contributed by atoms with Gasteiger partial charge < -0.3 is 0 Å². The van der Waals surface area contributed by atoms with Gasteiger partial charge in [-0.1, -0.05) is 152 Å². The molecule has 0 atom stereocenters. The van der Waals surface area contributed by atoms with Crippen LogP contribution in [0.2, 0.25) is 0 Å². The van der Waals surface area contributed by atoms with E-state index >= 15 is 0 Å². The van der Waals surface area contributed by atoms with Crippen molar-refractivity contribution in [3.63, 3.8) is 0 Å². The van der Waals surface area contributed by atoms with Crippen molar-refractivity contribution in [1.82, 2.24) is 15.0 Å². The van der Waals surface area contributed by atoms with Crippen LogP contribution >= 0.6 is 11.3 Å². The molecule has 0 N–H and O–H groups in total. The third kappa shape index (κ3) is 5.38. The van der Waals surface area contributed by atoms with Crippen LogP contribution in [0.5, 0.6) is 0 Å². The van der Waals surface area contributed by atoms with Crippen LogP contribution in [0.4, 0.5) is 0 Å². The molecule has 3 nitrogen and oxygen atoms in total. The van der Waals surface area contributed by atoms with Gasteiger partial charge in [-0.25, -0.2) is 15.0 Å². The first-order valence-electron chi connectivity index (χ1n) is 18.5. The first-order valence-corrected chi connectivity index (χ1v) is 19.3. The van der Waals surface area contributed by atoms with Gasteiger partial charge in [0, 0.05) is 47.8 Å². The topological polar surface area (TPSA) is 38.7 Å². The summed E-state index contributed by atoms with van der Waals surface area (Å²) in [4.78, 5) is 15.7. The molecule has 0 aliphatic heterocycles. The van der Waals surface area contributed by atoms with E-state index in [0.29, 0.717) is 5.82 Å².